The Hall–Kier alpha value is -2.62. The van der Waals surface area contributed by atoms with E-state index in [9.17, 15) is 42.9 Å². The number of aliphatic hydroxyl groups excluding tert-OH is 2. The fourth-order valence-electron chi connectivity index (χ4n) is 11.4. The predicted octanol–water partition coefficient (Wildman–Crippen LogP) is 6.73. The highest BCUT2D eigenvalue weighted by atomic mass is 32.1. The Morgan fingerprint density at radius 3 is 2.26 bits per heavy atom. The molecular formula is C47H73F3N4O11S. The molecule has 18 atom stereocenters. The molecule has 66 heavy (non-hydrogen) atoms. The minimum absolute atomic E-state index is 0.0109. The van der Waals surface area contributed by atoms with Crippen molar-refractivity contribution in [2.24, 2.45) is 41.4 Å². The highest BCUT2D eigenvalue weighted by molar-refractivity contribution is 7.15. The van der Waals surface area contributed by atoms with Crippen molar-refractivity contribution in [2.45, 2.75) is 205 Å². The number of hydrogen-bond donors (Lipinski definition) is 5. The Balaban J connectivity index is 1.09. The maximum Gasteiger partial charge on any atom is 0.445 e. The van der Waals surface area contributed by atoms with Crippen LogP contribution in [0, 0.1) is 41.4 Å². The third-order valence-electron chi connectivity index (χ3n) is 15.8. The summed E-state index contributed by atoms with van der Waals surface area (Å²) in [5.74, 6) is -6.92. The van der Waals surface area contributed by atoms with Crippen LogP contribution in [0.5, 0.6) is 0 Å². The van der Waals surface area contributed by atoms with Gasteiger partial charge in [0.2, 0.25) is 27.7 Å². The van der Waals surface area contributed by atoms with E-state index in [2.05, 4.69) is 27.8 Å². The minimum Gasteiger partial charge on any atom is -0.392 e. The highest BCUT2D eigenvalue weighted by Gasteiger charge is 2.63. The summed E-state index contributed by atoms with van der Waals surface area (Å²) in [6.07, 6.45) is -0.440. The number of alkyl halides is 3. The molecule has 15 nitrogen and oxygen atoms in total. The van der Waals surface area contributed by atoms with E-state index in [1.807, 2.05) is 55.4 Å². The van der Waals surface area contributed by atoms with Gasteiger partial charge in [0.25, 0.3) is 0 Å². The number of ketones is 1. The van der Waals surface area contributed by atoms with Crippen LogP contribution in [-0.2, 0) is 44.2 Å². The zero-order chi connectivity index (χ0) is 48.7. The third-order valence-corrected chi connectivity index (χ3v) is 16.7. The number of nitrogens with zero attached hydrogens (tertiary/aromatic N) is 2. The van der Waals surface area contributed by atoms with E-state index in [0.717, 1.165) is 0 Å². The van der Waals surface area contributed by atoms with Gasteiger partial charge < -0.3 is 44.3 Å². The number of hydrogen-bond acceptors (Lipinski definition) is 14. The Morgan fingerprint density at radius 2 is 1.64 bits per heavy atom. The first-order valence-electron chi connectivity index (χ1n) is 24.0. The van der Waals surface area contributed by atoms with Crippen LogP contribution in [-0.4, -0.2) is 115 Å². The van der Waals surface area contributed by atoms with Gasteiger partial charge in [-0.25, -0.2) is 0 Å². The van der Waals surface area contributed by atoms with Gasteiger partial charge in [0.15, 0.2) is 5.79 Å². The number of anilines is 1. The topological polar surface area (TPSA) is 208 Å². The SMILES string of the molecule is CC[C@@H](C(=O)[C@@H](C)[C@@H](O)[C@H](C)[C@@H]1O[C@@H]([C@@H](CC)C(=O)NCC(=O)Nc2nnc(C(F)(F)F)s2)CCC1C)[C@H]1O[C@]2(C=C[C@@H](O)[C@]3(CC[C@@](C)([C@H]4CC[C@](O)(CC)[C@H](C)O4)O3)O2)[C@H](C)C[C@@H]1C. The largest absolute Gasteiger partial charge is 0.445 e. The number of halogens is 3. The van der Waals surface area contributed by atoms with Gasteiger partial charge >= 0.3 is 6.18 Å². The first-order chi connectivity index (χ1) is 30.9. The molecule has 1 aromatic rings. The molecule has 4 fully saturated rings. The molecule has 19 heteroatoms. The van der Waals surface area contributed by atoms with Gasteiger partial charge in [0.1, 0.15) is 11.9 Å². The van der Waals surface area contributed by atoms with Gasteiger partial charge in [0, 0.05) is 30.1 Å². The highest BCUT2D eigenvalue weighted by Crippen LogP contribution is 2.54. The van der Waals surface area contributed by atoms with Crippen LogP contribution in [0.15, 0.2) is 12.2 Å². The van der Waals surface area contributed by atoms with Crippen molar-refractivity contribution in [2.75, 3.05) is 11.9 Å². The molecule has 374 valence electrons. The van der Waals surface area contributed by atoms with Gasteiger partial charge in [-0.1, -0.05) is 66.7 Å². The molecule has 6 heterocycles. The molecule has 0 radical (unpaired) electrons. The normalized spacial score (nSPS) is 39.5. The van der Waals surface area contributed by atoms with Gasteiger partial charge in [0.05, 0.1) is 60.3 Å². The maximum absolute atomic E-state index is 14.7. The molecule has 0 aliphatic carbocycles. The quantitative estimate of drug-likeness (QED) is 0.116. The second kappa shape index (κ2) is 20.4. The van der Waals surface area contributed by atoms with E-state index < -0.39 is 113 Å². The zero-order valence-electron chi connectivity index (χ0n) is 40.1. The number of aromatic nitrogens is 2. The first-order valence-corrected chi connectivity index (χ1v) is 24.9. The van der Waals surface area contributed by atoms with E-state index in [-0.39, 0.29) is 46.1 Å². The van der Waals surface area contributed by atoms with Crippen LogP contribution in [0.2, 0.25) is 0 Å². The molecule has 5 aliphatic heterocycles. The molecule has 1 aromatic heterocycles. The molecule has 5 aliphatic rings. The van der Waals surface area contributed by atoms with E-state index >= 15 is 0 Å². The molecule has 0 bridgehead atoms. The molecule has 2 spiro atoms. The number of aliphatic hydroxyl groups is 3. The van der Waals surface area contributed by atoms with Crippen LogP contribution >= 0.6 is 11.3 Å². The van der Waals surface area contributed by atoms with Crippen LogP contribution in [0.1, 0.15) is 138 Å². The van der Waals surface area contributed by atoms with Crippen molar-refractivity contribution < 1.29 is 66.6 Å². The number of Topliss-reactive ketones (excluding diaryl/α,β-unsaturated/α-hetero) is 1. The smallest absolute Gasteiger partial charge is 0.392 e. The van der Waals surface area contributed by atoms with Crippen molar-refractivity contribution in [3.8, 4) is 0 Å². The fourth-order valence-corrected chi connectivity index (χ4v) is 12.0. The summed E-state index contributed by atoms with van der Waals surface area (Å²) in [4.78, 5) is 40.5. The van der Waals surface area contributed by atoms with Crippen LogP contribution in [0.4, 0.5) is 18.3 Å². The van der Waals surface area contributed by atoms with E-state index in [1.165, 1.54) is 0 Å². The number of amides is 2. The second-order valence-electron chi connectivity index (χ2n) is 20.3. The van der Waals surface area contributed by atoms with Gasteiger partial charge in [-0.05, 0) is 95.6 Å². The number of ether oxygens (including phenoxy) is 5. The Labute approximate surface area is 390 Å². The molecule has 2 amide bonds. The summed E-state index contributed by atoms with van der Waals surface area (Å²) < 4.78 is 72.5. The maximum atomic E-state index is 14.7. The first kappa shape index (κ1) is 52.7. The summed E-state index contributed by atoms with van der Waals surface area (Å²) in [7, 11) is 0. The standard InChI is InChI=1S/C47H73F3N4O11S/c1-11-30(40(59)51-23-35(56)52-42-54-53-41(66-42)47(48,49)50)32-15-14-24(4)38(62-32)28(8)36(57)27(7)37(58)31(12-2)39-25(5)22-26(6)45(63-39)19-16-33(55)46(65-45)21-20-43(10,64-46)34-17-18-44(60,13-3)29(9)61-34/h16,19,24-34,36,38-39,55,57,60H,11-15,17-18,20-23H2,1-10H3,(H,51,59)(H,52,54,56)/t24?,25-,26+,27-,28-,29-,30+,31-,32+,33+,34+,36+,38+,39-,43-,44+,45-,46-/m0/s1. The fraction of sp³-hybridized carbons (Fsp3) is 0.851. The molecule has 4 saturated heterocycles. The van der Waals surface area contributed by atoms with Crippen molar-refractivity contribution in [3.63, 3.8) is 0 Å². The van der Waals surface area contributed by atoms with Gasteiger partial charge in [-0.2, -0.15) is 13.2 Å². The van der Waals surface area contributed by atoms with Crippen LogP contribution in [0.25, 0.3) is 0 Å². The predicted molar refractivity (Wildman–Crippen MR) is 238 cm³/mol. The molecule has 5 N–H and O–H groups in total. The average Bonchev–Trinajstić information content (AvgIpc) is 3.89. The summed E-state index contributed by atoms with van der Waals surface area (Å²) in [6.45, 7) is 18.7. The van der Waals surface area contributed by atoms with Crippen molar-refractivity contribution in [1.82, 2.24) is 15.5 Å². The lowest BCUT2D eigenvalue weighted by Crippen LogP contribution is -2.63. The zero-order valence-corrected chi connectivity index (χ0v) is 40.9. The van der Waals surface area contributed by atoms with Crippen LogP contribution in [0.3, 0.4) is 0 Å². The summed E-state index contributed by atoms with van der Waals surface area (Å²) >= 11 is 0.179. The monoisotopic (exact) mass is 958 g/mol. The summed E-state index contributed by atoms with van der Waals surface area (Å²) in [5.41, 5.74) is -1.71. The van der Waals surface area contributed by atoms with Crippen molar-refractivity contribution in [3.05, 3.63) is 17.2 Å². The van der Waals surface area contributed by atoms with Crippen LogP contribution < -0.4 is 10.6 Å². The molecule has 1 unspecified atom stereocenters. The lowest BCUT2D eigenvalue weighted by atomic mass is 9.72. The lowest BCUT2D eigenvalue weighted by Gasteiger charge is -2.54. The van der Waals surface area contributed by atoms with Crippen molar-refractivity contribution in [1.29, 1.82) is 0 Å². The number of nitrogens with one attached hydrogen (secondary N) is 2. The average molecular weight is 959 g/mol. The Bertz CT molecular complexity index is 1910. The third kappa shape index (κ3) is 10.6. The van der Waals surface area contributed by atoms with E-state index in [1.54, 1.807) is 19.1 Å². The lowest BCUT2D eigenvalue weighted by molar-refractivity contribution is -0.409. The van der Waals surface area contributed by atoms with Crippen molar-refractivity contribution >= 4 is 34.1 Å². The summed E-state index contributed by atoms with van der Waals surface area (Å²) in [6, 6.07) is 0. The molecular weight excluding hydrogens is 886 g/mol. The Kier molecular flexibility index (Phi) is 16.3. The molecule has 0 saturated carbocycles. The minimum atomic E-state index is -4.70. The van der Waals surface area contributed by atoms with Gasteiger partial charge in [-0.15, -0.1) is 10.2 Å². The van der Waals surface area contributed by atoms with E-state index in [4.69, 9.17) is 23.7 Å². The number of rotatable bonds is 15. The molecule has 0 aromatic carbocycles. The summed E-state index contributed by atoms with van der Waals surface area (Å²) in [5, 5.41) is 44.2. The second-order valence-corrected chi connectivity index (χ2v) is 21.2. The van der Waals surface area contributed by atoms with E-state index in [0.29, 0.717) is 64.2 Å². The number of carbonyl (C=O) groups is 3. The Morgan fingerprint density at radius 1 is 0.939 bits per heavy atom. The van der Waals surface area contributed by atoms with Gasteiger partial charge in [-0.3, -0.25) is 19.7 Å². The molecule has 6 rings (SSSR count). The number of carbonyl (C=O) groups excluding carboxylic acids is 3.